The zero-order valence-corrected chi connectivity index (χ0v) is 20.2. The van der Waals surface area contributed by atoms with Crippen molar-refractivity contribution < 1.29 is 9.47 Å². The number of pyridine rings is 1. The number of hydrogen-bond acceptors (Lipinski definition) is 7. The van der Waals surface area contributed by atoms with Crippen molar-refractivity contribution >= 4 is 22.4 Å². The molecule has 36 heavy (non-hydrogen) atoms. The molecule has 3 aromatic heterocycles. The molecule has 0 aliphatic heterocycles. The molecule has 0 amide bonds. The van der Waals surface area contributed by atoms with Gasteiger partial charge in [0.25, 0.3) is 0 Å². The van der Waals surface area contributed by atoms with Gasteiger partial charge in [-0.25, -0.2) is 9.97 Å². The Morgan fingerprint density at radius 2 is 1.72 bits per heavy atom. The molecular formula is C28H24N6O2. The van der Waals surface area contributed by atoms with Gasteiger partial charge in [-0.2, -0.15) is 5.10 Å². The number of methoxy groups -OCH3 is 2. The summed E-state index contributed by atoms with van der Waals surface area (Å²) in [4.78, 5) is 15.8. The molecule has 3 heterocycles. The number of rotatable bonds is 6. The monoisotopic (exact) mass is 476 g/mol. The lowest BCUT2D eigenvalue weighted by atomic mass is 10.2. The molecule has 178 valence electrons. The van der Waals surface area contributed by atoms with Crippen LogP contribution in [0.4, 0.5) is 11.4 Å². The molecule has 0 saturated heterocycles. The Morgan fingerprint density at radius 3 is 2.42 bits per heavy atom. The van der Waals surface area contributed by atoms with E-state index in [0.29, 0.717) is 23.7 Å². The van der Waals surface area contributed by atoms with Crippen molar-refractivity contribution in [3.05, 3.63) is 85.1 Å². The van der Waals surface area contributed by atoms with Crippen molar-refractivity contribution in [3.8, 4) is 34.6 Å². The maximum absolute atomic E-state index is 5.51. The van der Waals surface area contributed by atoms with Gasteiger partial charge in [0.1, 0.15) is 17.2 Å². The van der Waals surface area contributed by atoms with E-state index in [1.54, 1.807) is 37.5 Å². The van der Waals surface area contributed by atoms with Gasteiger partial charge < -0.3 is 14.4 Å². The maximum Gasteiger partial charge on any atom is 0.124 e. The number of aromatic nitrogens is 5. The van der Waals surface area contributed by atoms with Gasteiger partial charge in [-0.1, -0.05) is 12.0 Å². The van der Waals surface area contributed by atoms with Crippen LogP contribution in [0.5, 0.6) is 11.5 Å². The van der Waals surface area contributed by atoms with Crippen LogP contribution in [0.3, 0.4) is 0 Å². The van der Waals surface area contributed by atoms with Crippen LogP contribution in [0, 0.1) is 11.8 Å². The van der Waals surface area contributed by atoms with Crippen LogP contribution in [0.25, 0.3) is 22.3 Å². The number of hydrogen-bond donors (Lipinski definition) is 0. The van der Waals surface area contributed by atoms with Crippen molar-refractivity contribution in [3.63, 3.8) is 0 Å². The molecule has 0 saturated carbocycles. The molecule has 5 aromatic rings. The van der Waals surface area contributed by atoms with Gasteiger partial charge in [-0.15, -0.1) is 0 Å². The maximum atomic E-state index is 5.51. The topological polar surface area (TPSA) is 78.2 Å². The standard InChI is InChI=1S/C28H24N6O2/c1-33-19-20(17-31-33)28-18-30-26-10-9-22(15-27(26)32-28)34(12-6-8-21-7-4-5-11-29-21)23-13-24(35-2)16-25(14-23)36-3/h4-5,7,9-11,13-19H,12H2,1-3H3. The van der Waals surface area contributed by atoms with Crippen molar-refractivity contribution in [1.29, 1.82) is 0 Å². The van der Waals surface area contributed by atoms with Crippen molar-refractivity contribution in [2.75, 3.05) is 25.7 Å². The van der Waals surface area contributed by atoms with Crippen LogP contribution in [-0.4, -0.2) is 45.5 Å². The first-order valence-corrected chi connectivity index (χ1v) is 11.3. The quantitative estimate of drug-likeness (QED) is 0.331. The first-order valence-electron chi connectivity index (χ1n) is 11.3. The second-order valence-electron chi connectivity index (χ2n) is 8.00. The van der Waals surface area contributed by atoms with Gasteiger partial charge in [0.2, 0.25) is 0 Å². The van der Waals surface area contributed by atoms with Gasteiger partial charge in [0.15, 0.2) is 0 Å². The fraction of sp³-hybridized carbons (Fsp3) is 0.143. The second kappa shape index (κ2) is 10.2. The summed E-state index contributed by atoms with van der Waals surface area (Å²) >= 11 is 0. The van der Waals surface area contributed by atoms with Crippen LogP contribution in [-0.2, 0) is 7.05 Å². The fourth-order valence-corrected chi connectivity index (χ4v) is 3.79. The van der Waals surface area contributed by atoms with E-state index >= 15 is 0 Å². The summed E-state index contributed by atoms with van der Waals surface area (Å²) in [5, 5.41) is 4.25. The van der Waals surface area contributed by atoms with Gasteiger partial charge >= 0.3 is 0 Å². The largest absolute Gasteiger partial charge is 0.497 e. The smallest absolute Gasteiger partial charge is 0.124 e. The highest BCUT2D eigenvalue weighted by Gasteiger charge is 2.14. The van der Waals surface area contributed by atoms with Crippen LogP contribution < -0.4 is 14.4 Å². The number of ether oxygens (including phenoxy) is 2. The summed E-state index contributed by atoms with van der Waals surface area (Å²) in [6.07, 6.45) is 7.20. The summed E-state index contributed by atoms with van der Waals surface area (Å²) in [6, 6.07) is 17.4. The van der Waals surface area contributed by atoms with E-state index in [4.69, 9.17) is 14.5 Å². The molecule has 0 aliphatic rings. The van der Waals surface area contributed by atoms with Crippen molar-refractivity contribution in [2.24, 2.45) is 7.05 Å². The zero-order valence-electron chi connectivity index (χ0n) is 20.2. The molecule has 5 rings (SSSR count). The average Bonchev–Trinajstić information content (AvgIpc) is 3.37. The molecule has 8 heteroatoms. The molecule has 2 aromatic carbocycles. The minimum Gasteiger partial charge on any atom is -0.497 e. The lowest BCUT2D eigenvalue weighted by Crippen LogP contribution is -2.17. The third kappa shape index (κ3) is 4.95. The predicted molar refractivity (Wildman–Crippen MR) is 139 cm³/mol. The lowest BCUT2D eigenvalue weighted by molar-refractivity contribution is 0.394. The molecule has 0 unspecified atom stereocenters. The Balaban J connectivity index is 1.58. The first kappa shape index (κ1) is 22.9. The number of anilines is 2. The highest BCUT2D eigenvalue weighted by molar-refractivity contribution is 5.83. The Kier molecular flexibility index (Phi) is 6.45. The fourth-order valence-electron chi connectivity index (χ4n) is 3.79. The number of benzene rings is 2. The summed E-state index contributed by atoms with van der Waals surface area (Å²) in [7, 11) is 5.15. The van der Waals surface area contributed by atoms with Crippen molar-refractivity contribution in [1.82, 2.24) is 24.7 Å². The molecule has 0 bridgehead atoms. The summed E-state index contributed by atoms with van der Waals surface area (Å²) in [5.74, 6) is 7.76. The zero-order chi connectivity index (χ0) is 24.9. The number of fused-ring (bicyclic) bond motifs is 1. The highest BCUT2D eigenvalue weighted by atomic mass is 16.5. The van der Waals surface area contributed by atoms with E-state index < -0.39 is 0 Å². The minimum atomic E-state index is 0.411. The second-order valence-corrected chi connectivity index (χ2v) is 8.00. The van der Waals surface area contributed by atoms with Crippen LogP contribution in [0.1, 0.15) is 5.69 Å². The van der Waals surface area contributed by atoms with Crippen LogP contribution >= 0.6 is 0 Å². The summed E-state index contributed by atoms with van der Waals surface area (Å²) in [5.41, 5.74) is 5.74. The van der Waals surface area contributed by atoms with Crippen LogP contribution in [0.2, 0.25) is 0 Å². The molecule has 0 spiro atoms. The molecule has 0 aliphatic carbocycles. The number of aryl methyl sites for hydroxylation is 1. The molecule has 0 atom stereocenters. The van der Waals surface area contributed by atoms with Gasteiger partial charge in [-0.05, 0) is 36.3 Å². The molecule has 0 radical (unpaired) electrons. The van der Waals surface area contributed by atoms with E-state index in [1.807, 2.05) is 67.8 Å². The van der Waals surface area contributed by atoms with E-state index in [0.717, 1.165) is 33.7 Å². The molecule has 0 N–H and O–H groups in total. The van der Waals surface area contributed by atoms with Gasteiger partial charge in [0.05, 0.1) is 49.9 Å². The normalized spacial score (nSPS) is 10.5. The minimum absolute atomic E-state index is 0.411. The SMILES string of the molecule is COc1cc(OC)cc(N(CC#Cc2ccccn2)c2ccc3ncc(-c4cnn(C)c4)nc3c2)c1. The Hall–Kier alpha value is -4.90. The number of nitrogens with zero attached hydrogens (tertiary/aromatic N) is 6. The van der Waals surface area contributed by atoms with E-state index in [-0.39, 0.29) is 0 Å². The average molecular weight is 477 g/mol. The third-order valence-corrected chi connectivity index (χ3v) is 5.60. The van der Waals surface area contributed by atoms with E-state index in [1.165, 1.54) is 0 Å². The van der Waals surface area contributed by atoms with E-state index in [9.17, 15) is 0 Å². The van der Waals surface area contributed by atoms with Crippen molar-refractivity contribution in [2.45, 2.75) is 0 Å². The summed E-state index contributed by atoms with van der Waals surface area (Å²) in [6.45, 7) is 0.411. The van der Waals surface area contributed by atoms with Gasteiger partial charge in [-0.3, -0.25) is 9.67 Å². The van der Waals surface area contributed by atoms with Crippen LogP contribution in [0.15, 0.2) is 79.4 Å². The Morgan fingerprint density at radius 1 is 0.889 bits per heavy atom. The predicted octanol–water partition coefficient (Wildman–Crippen LogP) is 4.63. The molecule has 0 fully saturated rings. The molecular weight excluding hydrogens is 452 g/mol. The Bertz CT molecular complexity index is 1550. The third-order valence-electron chi connectivity index (χ3n) is 5.60. The summed E-state index contributed by atoms with van der Waals surface area (Å²) < 4.78 is 12.8. The van der Waals surface area contributed by atoms with Gasteiger partial charge in [0, 0.05) is 54.6 Å². The lowest BCUT2D eigenvalue weighted by Gasteiger charge is -2.24. The first-order chi connectivity index (χ1) is 17.6. The highest BCUT2D eigenvalue weighted by Crippen LogP contribution is 2.34. The molecule has 8 nitrogen and oxygen atoms in total. The van der Waals surface area contributed by atoms with E-state index in [2.05, 4.69) is 31.8 Å². The Labute approximate surface area is 209 Å².